The van der Waals surface area contributed by atoms with Crippen molar-refractivity contribution in [2.24, 2.45) is 5.92 Å². The Labute approximate surface area is 119 Å². The molecule has 1 aliphatic rings. The van der Waals surface area contributed by atoms with Crippen LogP contribution in [-0.4, -0.2) is 18.5 Å². The minimum atomic E-state index is -0.277. The SMILES string of the molecule is Cc1cc(F)ccc1NC(=O)[C@H]1CCN[C@@H](C)C1.Cl. The Balaban J connectivity index is 0.00000180. The van der Waals surface area contributed by atoms with Crippen LogP contribution in [-0.2, 0) is 4.79 Å². The third-order valence-corrected chi connectivity index (χ3v) is 3.44. The van der Waals surface area contributed by atoms with Crippen molar-refractivity contribution in [3.05, 3.63) is 29.6 Å². The smallest absolute Gasteiger partial charge is 0.227 e. The monoisotopic (exact) mass is 286 g/mol. The fraction of sp³-hybridized carbons (Fsp3) is 0.500. The largest absolute Gasteiger partial charge is 0.326 e. The first-order valence-corrected chi connectivity index (χ1v) is 6.36. The molecular formula is C14H20ClFN2O. The van der Waals surface area contributed by atoms with Crippen molar-refractivity contribution in [3.8, 4) is 0 Å². The van der Waals surface area contributed by atoms with Crippen LogP contribution < -0.4 is 10.6 Å². The molecule has 1 aromatic rings. The summed E-state index contributed by atoms with van der Waals surface area (Å²) in [7, 11) is 0. The van der Waals surface area contributed by atoms with Gasteiger partial charge in [0.15, 0.2) is 0 Å². The van der Waals surface area contributed by atoms with E-state index < -0.39 is 0 Å². The predicted octanol–water partition coefficient (Wildman–Crippen LogP) is 2.88. The van der Waals surface area contributed by atoms with Crippen LogP contribution in [0, 0.1) is 18.7 Å². The molecule has 0 radical (unpaired) electrons. The maximum Gasteiger partial charge on any atom is 0.227 e. The molecule has 0 unspecified atom stereocenters. The standard InChI is InChI=1S/C14H19FN2O.ClH/c1-9-7-12(15)3-4-13(9)17-14(18)11-5-6-16-10(2)8-11;/h3-4,7,10-11,16H,5-6,8H2,1-2H3,(H,17,18);1H/t10-,11-;/m0./s1. The zero-order valence-corrected chi connectivity index (χ0v) is 12.0. The summed E-state index contributed by atoms with van der Waals surface area (Å²) in [6.07, 6.45) is 1.71. The average Bonchev–Trinajstić information content (AvgIpc) is 2.32. The molecular weight excluding hydrogens is 267 g/mol. The Morgan fingerprint density at radius 3 is 2.84 bits per heavy atom. The van der Waals surface area contributed by atoms with Crippen LogP contribution in [0.4, 0.5) is 10.1 Å². The fourth-order valence-corrected chi connectivity index (χ4v) is 2.37. The maximum absolute atomic E-state index is 13.0. The summed E-state index contributed by atoms with van der Waals surface area (Å²) in [6.45, 7) is 4.76. The van der Waals surface area contributed by atoms with Gasteiger partial charge < -0.3 is 10.6 Å². The zero-order valence-electron chi connectivity index (χ0n) is 11.2. The number of carbonyl (C=O) groups is 1. The molecule has 1 amide bonds. The first-order chi connectivity index (χ1) is 8.56. The zero-order chi connectivity index (χ0) is 13.1. The lowest BCUT2D eigenvalue weighted by Crippen LogP contribution is -2.40. The van der Waals surface area contributed by atoms with E-state index in [1.807, 2.05) is 0 Å². The van der Waals surface area contributed by atoms with Gasteiger partial charge in [0.2, 0.25) is 5.91 Å². The quantitative estimate of drug-likeness (QED) is 0.878. The van der Waals surface area contributed by atoms with Crippen molar-refractivity contribution < 1.29 is 9.18 Å². The van der Waals surface area contributed by atoms with Crippen LogP contribution in [0.5, 0.6) is 0 Å². The highest BCUT2D eigenvalue weighted by molar-refractivity contribution is 5.93. The van der Waals surface area contributed by atoms with E-state index in [2.05, 4.69) is 17.6 Å². The molecule has 5 heteroatoms. The van der Waals surface area contributed by atoms with E-state index in [-0.39, 0.29) is 30.0 Å². The topological polar surface area (TPSA) is 41.1 Å². The van der Waals surface area contributed by atoms with Crippen LogP contribution in [0.15, 0.2) is 18.2 Å². The van der Waals surface area contributed by atoms with Crippen LogP contribution in [0.25, 0.3) is 0 Å². The number of nitrogens with one attached hydrogen (secondary N) is 2. The second-order valence-corrected chi connectivity index (χ2v) is 5.02. The van der Waals surface area contributed by atoms with E-state index in [9.17, 15) is 9.18 Å². The Morgan fingerprint density at radius 1 is 1.47 bits per heavy atom. The second kappa shape index (κ2) is 6.87. The van der Waals surface area contributed by atoms with Crippen LogP contribution in [0.2, 0.25) is 0 Å². The van der Waals surface area contributed by atoms with Crippen molar-refractivity contribution in [1.29, 1.82) is 0 Å². The molecule has 1 aliphatic heterocycles. The number of hydrogen-bond donors (Lipinski definition) is 2. The molecule has 1 aromatic carbocycles. The molecule has 0 saturated carbocycles. The number of benzene rings is 1. The Kier molecular flexibility index (Phi) is 5.76. The van der Waals surface area contributed by atoms with Gasteiger partial charge in [-0.3, -0.25) is 4.79 Å². The lowest BCUT2D eigenvalue weighted by atomic mass is 9.92. The summed E-state index contributed by atoms with van der Waals surface area (Å²) in [4.78, 5) is 12.1. The van der Waals surface area contributed by atoms with E-state index in [4.69, 9.17) is 0 Å². The van der Waals surface area contributed by atoms with Gasteiger partial charge in [-0.05, 0) is 57.0 Å². The number of amides is 1. The van der Waals surface area contributed by atoms with Gasteiger partial charge in [0.25, 0.3) is 0 Å². The summed E-state index contributed by atoms with van der Waals surface area (Å²) >= 11 is 0. The Bertz CT molecular complexity index is 453. The molecule has 3 nitrogen and oxygen atoms in total. The molecule has 1 saturated heterocycles. The second-order valence-electron chi connectivity index (χ2n) is 5.02. The molecule has 1 heterocycles. The van der Waals surface area contributed by atoms with Gasteiger partial charge in [-0.15, -0.1) is 12.4 Å². The van der Waals surface area contributed by atoms with E-state index in [0.717, 1.165) is 24.9 Å². The summed E-state index contributed by atoms with van der Waals surface area (Å²) in [5.41, 5.74) is 1.46. The highest BCUT2D eigenvalue weighted by Gasteiger charge is 2.24. The molecule has 0 aromatic heterocycles. The number of carbonyl (C=O) groups excluding carboxylic acids is 1. The van der Waals surface area contributed by atoms with Crippen molar-refractivity contribution in [2.45, 2.75) is 32.7 Å². The summed E-state index contributed by atoms with van der Waals surface area (Å²) in [5, 5.41) is 6.21. The first kappa shape index (κ1) is 15.9. The third kappa shape index (κ3) is 4.18. The lowest BCUT2D eigenvalue weighted by molar-refractivity contribution is -0.120. The van der Waals surface area contributed by atoms with Gasteiger partial charge in [0.1, 0.15) is 5.82 Å². The van der Waals surface area contributed by atoms with E-state index >= 15 is 0 Å². The number of aryl methyl sites for hydroxylation is 1. The Hall–Kier alpha value is -1.13. The van der Waals surface area contributed by atoms with Crippen molar-refractivity contribution in [1.82, 2.24) is 5.32 Å². The fourth-order valence-electron chi connectivity index (χ4n) is 2.37. The minimum Gasteiger partial charge on any atom is -0.326 e. The van der Waals surface area contributed by atoms with Crippen molar-refractivity contribution >= 4 is 24.0 Å². The molecule has 0 spiro atoms. The molecule has 2 atom stereocenters. The lowest BCUT2D eigenvalue weighted by Gasteiger charge is -2.27. The summed E-state index contributed by atoms with van der Waals surface area (Å²) in [6, 6.07) is 4.80. The van der Waals surface area contributed by atoms with Crippen molar-refractivity contribution in [2.75, 3.05) is 11.9 Å². The van der Waals surface area contributed by atoms with Gasteiger partial charge in [0, 0.05) is 17.6 Å². The van der Waals surface area contributed by atoms with E-state index in [1.165, 1.54) is 12.1 Å². The Morgan fingerprint density at radius 2 is 2.21 bits per heavy atom. The number of hydrogen-bond acceptors (Lipinski definition) is 2. The molecule has 0 aliphatic carbocycles. The molecule has 106 valence electrons. The molecule has 1 fully saturated rings. The van der Waals surface area contributed by atoms with Gasteiger partial charge >= 0.3 is 0 Å². The van der Waals surface area contributed by atoms with Crippen LogP contribution in [0.1, 0.15) is 25.3 Å². The van der Waals surface area contributed by atoms with Crippen molar-refractivity contribution in [3.63, 3.8) is 0 Å². The minimum absolute atomic E-state index is 0. The van der Waals surface area contributed by atoms with E-state index in [1.54, 1.807) is 13.0 Å². The molecule has 2 rings (SSSR count). The van der Waals surface area contributed by atoms with Crippen LogP contribution >= 0.6 is 12.4 Å². The highest BCUT2D eigenvalue weighted by atomic mass is 35.5. The third-order valence-electron chi connectivity index (χ3n) is 3.44. The number of anilines is 1. The van der Waals surface area contributed by atoms with Crippen LogP contribution in [0.3, 0.4) is 0 Å². The summed E-state index contributed by atoms with van der Waals surface area (Å²) < 4.78 is 13.0. The normalized spacial score (nSPS) is 22.5. The highest BCUT2D eigenvalue weighted by Crippen LogP contribution is 2.21. The van der Waals surface area contributed by atoms with Gasteiger partial charge in [-0.25, -0.2) is 4.39 Å². The van der Waals surface area contributed by atoms with Gasteiger partial charge in [-0.1, -0.05) is 0 Å². The average molecular weight is 287 g/mol. The molecule has 0 bridgehead atoms. The predicted molar refractivity (Wildman–Crippen MR) is 77.2 cm³/mol. The number of halogens is 2. The van der Waals surface area contributed by atoms with E-state index in [0.29, 0.717) is 11.7 Å². The first-order valence-electron chi connectivity index (χ1n) is 6.36. The number of rotatable bonds is 2. The molecule has 2 N–H and O–H groups in total. The maximum atomic E-state index is 13.0. The number of piperidine rings is 1. The van der Waals surface area contributed by atoms with Gasteiger partial charge in [0.05, 0.1) is 0 Å². The summed E-state index contributed by atoms with van der Waals surface area (Å²) in [5.74, 6) is -0.190. The van der Waals surface area contributed by atoms with Gasteiger partial charge in [-0.2, -0.15) is 0 Å². The molecule has 19 heavy (non-hydrogen) atoms.